The minimum absolute atomic E-state index is 0.245. The zero-order valence-electron chi connectivity index (χ0n) is 16.9. The predicted molar refractivity (Wildman–Crippen MR) is 115 cm³/mol. The number of carbonyl (C=O) groups excluding carboxylic acids is 2. The van der Waals surface area contributed by atoms with Crippen LogP contribution >= 0.6 is 0 Å². The Hall–Kier alpha value is -2.62. The zero-order valence-corrected chi connectivity index (χ0v) is 16.9. The topological polar surface area (TPSA) is 63.4 Å². The van der Waals surface area contributed by atoms with Crippen LogP contribution in [0.4, 0.5) is 5.69 Å². The van der Waals surface area contributed by atoms with Gasteiger partial charge in [-0.25, -0.2) is 0 Å². The average Bonchev–Trinajstić information content (AvgIpc) is 2.73. The molecule has 2 rings (SSSR count). The van der Waals surface area contributed by atoms with E-state index in [1.54, 1.807) is 36.4 Å². The zero-order chi connectivity index (χ0) is 20.2. The Bertz CT molecular complexity index is 726. The number of amides is 2. The van der Waals surface area contributed by atoms with Crippen molar-refractivity contribution in [1.82, 2.24) is 4.90 Å². The van der Waals surface area contributed by atoms with Crippen molar-refractivity contribution in [2.45, 2.75) is 58.3 Å². The third kappa shape index (κ3) is 6.84. The van der Waals surface area contributed by atoms with Crippen LogP contribution in [0.1, 0.15) is 79.0 Å². The molecule has 0 fully saturated rings. The summed E-state index contributed by atoms with van der Waals surface area (Å²) in [6.45, 7) is 2.66. The molecule has 0 saturated carbocycles. The number of carbonyl (C=O) groups is 2. The molecule has 0 spiro atoms. The van der Waals surface area contributed by atoms with Crippen molar-refractivity contribution in [1.29, 1.82) is 0 Å². The van der Waals surface area contributed by atoms with Crippen LogP contribution in [-0.2, 0) is 0 Å². The van der Waals surface area contributed by atoms with E-state index in [2.05, 4.69) is 6.92 Å². The third-order valence-corrected chi connectivity index (χ3v) is 4.90. The Kier molecular flexibility index (Phi) is 9.26. The minimum Gasteiger partial charge on any atom is -0.399 e. The van der Waals surface area contributed by atoms with E-state index in [1.807, 2.05) is 18.2 Å². The van der Waals surface area contributed by atoms with Crippen molar-refractivity contribution in [3.05, 3.63) is 65.7 Å². The van der Waals surface area contributed by atoms with Crippen LogP contribution in [0.2, 0.25) is 0 Å². The summed E-state index contributed by atoms with van der Waals surface area (Å²) >= 11 is 0. The van der Waals surface area contributed by atoms with Gasteiger partial charge in [-0.15, -0.1) is 0 Å². The molecule has 0 atom stereocenters. The molecule has 2 N–H and O–H groups in total. The fraction of sp³-hybridized carbons (Fsp3) is 0.417. The van der Waals surface area contributed by atoms with E-state index >= 15 is 0 Å². The van der Waals surface area contributed by atoms with Crippen molar-refractivity contribution >= 4 is 17.5 Å². The average molecular weight is 381 g/mol. The highest BCUT2D eigenvalue weighted by atomic mass is 16.2. The maximum absolute atomic E-state index is 13.0. The summed E-state index contributed by atoms with van der Waals surface area (Å²) in [6, 6.07) is 15.7. The number of nitrogens with zero attached hydrogens (tertiary/aromatic N) is 1. The smallest absolute Gasteiger partial charge is 0.260 e. The molecule has 0 radical (unpaired) electrons. The number of hydrogen-bond acceptors (Lipinski definition) is 3. The normalized spacial score (nSPS) is 10.6. The molecule has 0 aromatic heterocycles. The van der Waals surface area contributed by atoms with Gasteiger partial charge in [0.15, 0.2) is 0 Å². The number of rotatable bonds is 11. The Morgan fingerprint density at radius 2 is 1.21 bits per heavy atom. The quantitative estimate of drug-likeness (QED) is 0.309. The van der Waals surface area contributed by atoms with Gasteiger partial charge in [-0.1, -0.05) is 70.1 Å². The number of nitrogens with two attached hydrogens (primary N) is 1. The lowest BCUT2D eigenvalue weighted by molar-refractivity contribution is 0.0613. The molecule has 0 saturated heterocycles. The number of nitrogen functional groups attached to an aromatic ring is 1. The van der Waals surface area contributed by atoms with Crippen LogP contribution in [0.5, 0.6) is 0 Å². The largest absolute Gasteiger partial charge is 0.399 e. The van der Waals surface area contributed by atoms with E-state index in [1.165, 1.54) is 37.0 Å². The lowest BCUT2D eigenvalue weighted by atomic mass is 10.1. The summed E-state index contributed by atoms with van der Waals surface area (Å²) in [6.07, 6.45) is 9.34. The van der Waals surface area contributed by atoms with Gasteiger partial charge in [-0.05, 0) is 42.8 Å². The van der Waals surface area contributed by atoms with Crippen molar-refractivity contribution in [2.75, 3.05) is 12.3 Å². The Balaban J connectivity index is 1.97. The van der Waals surface area contributed by atoms with Gasteiger partial charge in [-0.2, -0.15) is 0 Å². The first-order valence-electron chi connectivity index (χ1n) is 10.4. The number of benzene rings is 2. The number of hydrogen-bond donors (Lipinski definition) is 1. The highest BCUT2D eigenvalue weighted by Crippen LogP contribution is 2.15. The number of anilines is 1. The Labute approximate surface area is 168 Å². The van der Waals surface area contributed by atoms with Gasteiger partial charge < -0.3 is 5.73 Å². The van der Waals surface area contributed by atoms with Crippen LogP contribution in [-0.4, -0.2) is 23.3 Å². The summed E-state index contributed by atoms with van der Waals surface area (Å²) in [4.78, 5) is 27.3. The summed E-state index contributed by atoms with van der Waals surface area (Å²) in [5.41, 5.74) is 7.33. The lowest BCUT2D eigenvalue weighted by Crippen LogP contribution is -2.37. The highest BCUT2D eigenvalue weighted by molar-refractivity contribution is 6.10. The lowest BCUT2D eigenvalue weighted by Gasteiger charge is -2.21. The van der Waals surface area contributed by atoms with Crippen molar-refractivity contribution < 1.29 is 9.59 Å². The van der Waals surface area contributed by atoms with Gasteiger partial charge >= 0.3 is 0 Å². The Morgan fingerprint density at radius 1 is 0.714 bits per heavy atom. The molecule has 28 heavy (non-hydrogen) atoms. The summed E-state index contributed by atoms with van der Waals surface area (Å²) < 4.78 is 0. The molecule has 2 aromatic carbocycles. The molecule has 0 aliphatic carbocycles. The fourth-order valence-corrected chi connectivity index (χ4v) is 3.22. The van der Waals surface area contributed by atoms with E-state index in [0.717, 1.165) is 19.3 Å². The minimum atomic E-state index is -0.267. The van der Waals surface area contributed by atoms with Crippen molar-refractivity contribution in [3.63, 3.8) is 0 Å². The molecule has 2 aromatic rings. The highest BCUT2D eigenvalue weighted by Gasteiger charge is 2.23. The second-order valence-electron chi connectivity index (χ2n) is 7.22. The SMILES string of the molecule is CCCCCCCCCCN(C(=O)c1ccccc1)C(=O)c1ccc(N)cc1. The molecular formula is C24H32N2O2. The summed E-state index contributed by atoms with van der Waals surface area (Å²) in [5.74, 6) is -0.512. The molecule has 0 aliphatic rings. The van der Waals surface area contributed by atoms with Crippen molar-refractivity contribution in [3.8, 4) is 0 Å². The summed E-state index contributed by atoms with van der Waals surface area (Å²) in [5, 5.41) is 0. The second-order valence-corrected chi connectivity index (χ2v) is 7.22. The first-order chi connectivity index (χ1) is 13.6. The molecule has 0 unspecified atom stereocenters. The van der Waals surface area contributed by atoms with Gasteiger partial charge in [0, 0.05) is 23.4 Å². The molecule has 2 amide bonds. The Morgan fingerprint density at radius 3 is 1.79 bits per heavy atom. The molecular weight excluding hydrogens is 348 g/mol. The predicted octanol–water partition coefficient (Wildman–Crippen LogP) is 5.69. The van der Waals surface area contributed by atoms with E-state index < -0.39 is 0 Å². The molecule has 0 heterocycles. The molecule has 150 valence electrons. The summed E-state index contributed by atoms with van der Waals surface area (Å²) in [7, 11) is 0. The van der Waals surface area contributed by atoms with Gasteiger partial charge in [0.05, 0.1) is 0 Å². The van der Waals surface area contributed by atoms with E-state index in [4.69, 9.17) is 5.73 Å². The number of unbranched alkanes of at least 4 members (excludes halogenated alkanes) is 7. The number of imide groups is 1. The van der Waals surface area contributed by atoms with E-state index in [-0.39, 0.29) is 11.8 Å². The molecule has 0 bridgehead atoms. The molecule has 4 heteroatoms. The van der Waals surface area contributed by atoms with E-state index in [9.17, 15) is 9.59 Å². The molecule has 0 aliphatic heterocycles. The second kappa shape index (κ2) is 12.0. The fourth-order valence-electron chi connectivity index (χ4n) is 3.22. The first-order valence-corrected chi connectivity index (χ1v) is 10.4. The monoisotopic (exact) mass is 380 g/mol. The van der Waals surface area contributed by atoms with Gasteiger partial charge in [-0.3, -0.25) is 14.5 Å². The van der Waals surface area contributed by atoms with Crippen LogP contribution < -0.4 is 5.73 Å². The van der Waals surface area contributed by atoms with Gasteiger partial charge in [0.25, 0.3) is 11.8 Å². The maximum Gasteiger partial charge on any atom is 0.260 e. The third-order valence-electron chi connectivity index (χ3n) is 4.90. The first kappa shape index (κ1) is 21.7. The van der Waals surface area contributed by atoms with Crippen LogP contribution in [0.3, 0.4) is 0 Å². The molecule has 4 nitrogen and oxygen atoms in total. The van der Waals surface area contributed by atoms with Crippen LogP contribution in [0.25, 0.3) is 0 Å². The van der Waals surface area contributed by atoms with Crippen molar-refractivity contribution in [2.24, 2.45) is 0 Å². The maximum atomic E-state index is 13.0. The van der Waals surface area contributed by atoms with Crippen LogP contribution in [0.15, 0.2) is 54.6 Å². The standard InChI is InChI=1S/C24H32N2O2/c1-2-3-4-5-6-7-8-12-19-26(23(27)20-13-10-9-11-14-20)24(28)21-15-17-22(25)18-16-21/h9-11,13-18H,2-8,12,19,25H2,1H3. The van der Waals surface area contributed by atoms with Gasteiger partial charge in [0.2, 0.25) is 0 Å². The van der Waals surface area contributed by atoms with Crippen LogP contribution in [0, 0.1) is 0 Å². The van der Waals surface area contributed by atoms with Gasteiger partial charge in [0.1, 0.15) is 0 Å². The van der Waals surface area contributed by atoms with E-state index in [0.29, 0.717) is 23.4 Å².